The van der Waals surface area contributed by atoms with E-state index in [1.165, 1.54) is 10.5 Å². The van der Waals surface area contributed by atoms with Crippen LogP contribution in [0.5, 0.6) is 0 Å². The average molecular weight is 340 g/mol. The summed E-state index contributed by atoms with van der Waals surface area (Å²) < 4.78 is 3.14. The van der Waals surface area contributed by atoms with E-state index in [-0.39, 0.29) is 0 Å². The standard InChI is InChI=1S/C14H18BrN3S/c1-10(2)17-9-11-8-12(15)4-5-13(11)19-14-16-6-7-18(14)3/h4-8,10,17H,9H2,1-3H3. The third-order valence-electron chi connectivity index (χ3n) is 2.70. The summed E-state index contributed by atoms with van der Waals surface area (Å²) in [5.74, 6) is 0. The van der Waals surface area contributed by atoms with Crippen molar-refractivity contribution in [2.45, 2.75) is 36.5 Å². The molecule has 0 aliphatic heterocycles. The molecule has 5 heteroatoms. The van der Waals surface area contributed by atoms with Crippen molar-refractivity contribution in [1.82, 2.24) is 14.9 Å². The molecule has 0 bridgehead atoms. The molecule has 0 saturated heterocycles. The lowest BCUT2D eigenvalue weighted by Gasteiger charge is -2.12. The predicted molar refractivity (Wildman–Crippen MR) is 83.4 cm³/mol. The molecule has 2 rings (SSSR count). The summed E-state index contributed by atoms with van der Waals surface area (Å²) in [5.41, 5.74) is 1.29. The van der Waals surface area contributed by atoms with E-state index < -0.39 is 0 Å². The van der Waals surface area contributed by atoms with Crippen molar-refractivity contribution in [3.63, 3.8) is 0 Å². The Morgan fingerprint density at radius 3 is 2.84 bits per heavy atom. The van der Waals surface area contributed by atoms with Crippen LogP contribution in [0.25, 0.3) is 0 Å². The normalized spacial score (nSPS) is 11.2. The third kappa shape index (κ3) is 4.09. The Balaban J connectivity index is 2.21. The molecule has 0 amide bonds. The first-order valence-electron chi connectivity index (χ1n) is 6.23. The van der Waals surface area contributed by atoms with Gasteiger partial charge in [0.15, 0.2) is 5.16 Å². The molecule has 0 radical (unpaired) electrons. The molecule has 2 aromatic rings. The Bertz CT molecular complexity index is 551. The molecule has 1 heterocycles. The van der Waals surface area contributed by atoms with Crippen molar-refractivity contribution in [1.29, 1.82) is 0 Å². The van der Waals surface area contributed by atoms with E-state index in [9.17, 15) is 0 Å². The van der Waals surface area contributed by atoms with Gasteiger partial charge in [0.1, 0.15) is 0 Å². The fourth-order valence-corrected chi connectivity index (χ4v) is 2.97. The van der Waals surface area contributed by atoms with Crippen LogP contribution in [0.2, 0.25) is 0 Å². The maximum Gasteiger partial charge on any atom is 0.172 e. The Hall–Kier alpha value is -0.780. The van der Waals surface area contributed by atoms with Crippen molar-refractivity contribution in [3.8, 4) is 0 Å². The molecule has 0 aliphatic rings. The van der Waals surface area contributed by atoms with Crippen molar-refractivity contribution in [3.05, 3.63) is 40.6 Å². The lowest BCUT2D eigenvalue weighted by Crippen LogP contribution is -2.22. The number of hydrogen-bond donors (Lipinski definition) is 1. The Morgan fingerprint density at radius 1 is 1.42 bits per heavy atom. The van der Waals surface area contributed by atoms with Gasteiger partial charge in [-0.3, -0.25) is 0 Å². The lowest BCUT2D eigenvalue weighted by molar-refractivity contribution is 0.584. The van der Waals surface area contributed by atoms with E-state index in [0.717, 1.165) is 16.2 Å². The molecular formula is C14H18BrN3S. The van der Waals surface area contributed by atoms with E-state index >= 15 is 0 Å². The number of aromatic nitrogens is 2. The van der Waals surface area contributed by atoms with Gasteiger partial charge >= 0.3 is 0 Å². The molecule has 1 aromatic heterocycles. The van der Waals surface area contributed by atoms with Crippen molar-refractivity contribution >= 4 is 27.7 Å². The third-order valence-corrected chi connectivity index (χ3v) is 4.39. The minimum Gasteiger partial charge on any atom is -0.329 e. The zero-order chi connectivity index (χ0) is 13.8. The molecule has 19 heavy (non-hydrogen) atoms. The maximum atomic E-state index is 4.36. The second kappa shape index (κ2) is 6.59. The van der Waals surface area contributed by atoms with E-state index in [1.807, 2.05) is 24.0 Å². The number of nitrogens with zero attached hydrogens (tertiary/aromatic N) is 2. The summed E-state index contributed by atoms with van der Waals surface area (Å²) in [7, 11) is 2.01. The highest BCUT2D eigenvalue weighted by atomic mass is 79.9. The highest BCUT2D eigenvalue weighted by molar-refractivity contribution is 9.10. The minimum atomic E-state index is 0.477. The lowest BCUT2D eigenvalue weighted by atomic mass is 10.2. The first kappa shape index (κ1) is 14.6. The van der Waals surface area contributed by atoms with Gasteiger partial charge in [0.05, 0.1) is 0 Å². The Kier molecular flexibility index (Phi) is 5.07. The molecule has 1 N–H and O–H groups in total. The number of aryl methyl sites for hydroxylation is 1. The summed E-state index contributed by atoms with van der Waals surface area (Å²) in [6.07, 6.45) is 3.79. The smallest absolute Gasteiger partial charge is 0.172 e. The van der Waals surface area contributed by atoms with Crippen LogP contribution in [0.4, 0.5) is 0 Å². The van der Waals surface area contributed by atoms with Crippen LogP contribution < -0.4 is 5.32 Å². The molecule has 3 nitrogen and oxygen atoms in total. The molecule has 102 valence electrons. The molecule has 0 saturated carbocycles. The molecule has 0 aliphatic carbocycles. The molecule has 0 spiro atoms. The number of halogens is 1. The van der Waals surface area contributed by atoms with E-state index in [4.69, 9.17) is 0 Å². The fourth-order valence-electron chi connectivity index (χ4n) is 1.65. The molecule has 0 unspecified atom stereocenters. The van der Waals surface area contributed by atoms with Crippen LogP contribution in [-0.2, 0) is 13.6 Å². The van der Waals surface area contributed by atoms with Gasteiger partial charge in [-0.05, 0) is 23.8 Å². The number of benzene rings is 1. The second-order valence-electron chi connectivity index (χ2n) is 4.71. The first-order chi connectivity index (χ1) is 9.06. The quantitative estimate of drug-likeness (QED) is 0.897. The monoisotopic (exact) mass is 339 g/mol. The molecule has 0 atom stereocenters. The second-order valence-corrected chi connectivity index (χ2v) is 6.64. The van der Waals surface area contributed by atoms with Crippen molar-refractivity contribution in [2.75, 3.05) is 0 Å². The number of nitrogens with one attached hydrogen (secondary N) is 1. The van der Waals surface area contributed by atoms with Crippen LogP contribution >= 0.6 is 27.7 Å². The predicted octanol–water partition coefficient (Wildman–Crippen LogP) is 3.83. The van der Waals surface area contributed by atoms with E-state index in [0.29, 0.717) is 6.04 Å². The SMILES string of the molecule is CC(C)NCc1cc(Br)ccc1Sc1nccn1C. The van der Waals surface area contributed by atoms with Crippen molar-refractivity contribution < 1.29 is 0 Å². The van der Waals surface area contributed by atoms with Crippen molar-refractivity contribution in [2.24, 2.45) is 7.05 Å². The van der Waals surface area contributed by atoms with Gasteiger partial charge in [0, 0.05) is 41.4 Å². The minimum absolute atomic E-state index is 0.477. The molecular weight excluding hydrogens is 322 g/mol. The molecule has 1 aromatic carbocycles. The summed E-state index contributed by atoms with van der Waals surface area (Å²) in [6.45, 7) is 5.18. The fraction of sp³-hybridized carbons (Fsp3) is 0.357. The molecule has 0 fully saturated rings. The summed E-state index contributed by atoms with van der Waals surface area (Å²) in [6, 6.07) is 6.86. The zero-order valence-corrected chi connectivity index (χ0v) is 13.8. The van der Waals surface area contributed by atoms with Crippen LogP contribution in [0, 0.1) is 0 Å². The van der Waals surface area contributed by atoms with Crippen LogP contribution in [0.15, 0.2) is 45.1 Å². The summed E-state index contributed by atoms with van der Waals surface area (Å²) in [4.78, 5) is 5.60. The topological polar surface area (TPSA) is 29.9 Å². The number of hydrogen-bond acceptors (Lipinski definition) is 3. The van der Waals surface area contributed by atoms with Gasteiger partial charge in [-0.2, -0.15) is 0 Å². The van der Waals surface area contributed by atoms with Crippen LogP contribution in [0.1, 0.15) is 19.4 Å². The zero-order valence-electron chi connectivity index (χ0n) is 11.4. The van der Waals surface area contributed by atoms with Gasteiger partial charge < -0.3 is 9.88 Å². The summed E-state index contributed by atoms with van der Waals surface area (Å²) in [5, 5.41) is 4.47. The van der Waals surface area contributed by atoms with E-state index in [2.05, 4.69) is 58.3 Å². The van der Waals surface area contributed by atoms with Crippen LogP contribution in [-0.4, -0.2) is 15.6 Å². The van der Waals surface area contributed by atoms with Gasteiger partial charge in [-0.1, -0.05) is 41.5 Å². The highest BCUT2D eigenvalue weighted by Gasteiger charge is 2.08. The van der Waals surface area contributed by atoms with E-state index in [1.54, 1.807) is 11.8 Å². The van der Waals surface area contributed by atoms with Gasteiger partial charge in [0.25, 0.3) is 0 Å². The van der Waals surface area contributed by atoms with Gasteiger partial charge in [-0.25, -0.2) is 4.98 Å². The maximum absolute atomic E-state index is 4.36. The Morgan fingerprint density at radius 2 is 2.21 bits per heavy atom. The summed E-state index contributed by atoms with van der Waals surface area (Å²) >= 11 is 5.24. The average Bonchev–Trinajstić information content (AvgIpc) is 2.75. The van der Waals surface area contributed by atoms with Crippen LogP contribution in [0.3, 0.4) is 0 Å². The van der Waals surface area contributed by atoms with Gasteiger partial charge in [0.2, 0.25) is 0 Å². The Labute approximate surface area is 126 Å². The highest BCUT2D eigenvalue weighted by Crippen LogP contribution is 2.30. The largest absolute Gasteiger partial charge is 0.329 e. The van der Waals surface area contributed by atoms with Gasteiger partial charge in [-0.15, -0.1) is 0 Å². The number of imidazole rings is 1. The number of rotatable bonds is 5. The first-order valence-corrected chi connectivity index (χ1v) is 7.84.